The van der Waals surface area contributed by atoms with Crippen LogP contribution in [0.15, 0.2) is 36.4 Å². The second-order valence-corrected chi connectivity index (χ2v) is 10.4. The van der Waals surface area contributed by atoms with E-state index in [0.29, 0.717) is 31.6 Å². The van der Waals surface area contributed by atoms with Gasteiger partial charge >= 0.3 is 18.7 Å². The third-order valence-electron chi connectivity index (χ3n) is 5.96. The van der Waals surface area contributed by atoms with E-state index in [9.17, 15) is 18.4 Å². The number of benzene rings is 1. The molecular formula is C27H36F2N4O4. The summed E-state index contributed by atoms with van der Waals surface area (Å²) in [5.41, 5.74) is 1.62. The van der Waals surface area contributed by atoms with Crippen molar-refractivity contribution in [2.75, 3.05) is 23.3 Å². The summed E-state index contributed by atoms with van der Waals surface area (Å²) >= 11 is 0. The molecule has 0 bridgehead atoms. The minimum Gasteiger partial charge on any atom is -0.444 e. The minimum absolute atomic E-state index is 0.0501. The van der Waals surface area contributed by atoms with Gasteiger partial charge in [0.25, 0.3) is 0 Å². The Morgan fingerprint density at radius 3 is 2.35 bits per heavy atom. The van der Waals surface area contributed by atoms with Crippen molar-refractivity contribution in [1.82, 2.24) is 9.88 Å². The van der Waals surface area contributed by atoms with Crippen molar-refractivity contribution in [3.05, 3.63) is 47.7 Å². The van der Waals surface area contributed by atoms with Crippen LogP contribution in [0.5, 0.6) is 5.88 Å². The first-order valence-corrected chi connectivity index (χ1v) is 12.4. The van der Waals surface area contributed by atoms with E-state index in [1.807, 2.05) is 58.9 Å². The number of piperidine rings is 1. The fraction of sp³-hybridized carbons (Fsp3) is 0.519. The molecular weight excluding hydrogens is 482 g/mol. The van der Waals surface area contributed by atoms with Crippen LogP contribution in [-0.4, -0.2) is 53.4 Å². The fourth-order valence-electron chi connectivity index (χ4n) is 4.28. The quantitative estimate of drug-likeness (QED) is 0.469. The van der Waals surface area contributed by atoms with Crippen molar-refractivity contribution < 1.29 is 27.8 Å². The van der Waals surface area contributed by atoms with Gasteiger partial charge in [-0.1, -0.05) is 32.0 Å². The molecule has 3 rings (SSSR count). The first-order chi connectivity index (χ1) is 17.4. The number of pyridine rings is 1. The Hall–Kier alpha value is -3.43. The van der Waals surface area contributed by atoms with Gasteiger partial charge in [-0.2, -0.15) is 8.78 Å². The lowest BCUT2D eigenvalue weighted by Gasteiger charge is -2.39. The predicted molar refractivity (Wildman–Crippen MR) is 138 cm³/mol. The average Bonchev–Trinajstić information content (AvgIpc) is 2.80. The Kier molecular flexibility index (Phi) is 8.94. The normalized spacial score (nSPS) is 14.6. The molecule has 0 spiro atoms. The number of anilines is 2. The van der Waals surface area contributed by atoms with Crippen LogP contribution in [-0.2, 0) is 4.74 Å². The number of likely N-dealkylation sites (tertiary alicyclic amines) is 1. The largest absolute Gasteiger partial charge is 0.444 e. The van der Waals surface area contributed by atoms with E-state index in [2.05, 4.69) is 15.0 Å². The number of carbonyl (C=O) groups is 2. The molecule has 1 aromatic heterocycles. The molecule has 10 heteroatoms. The number of halogens is 2. The van der Waals surface area contributed by atoms with Crippen LogP contribution in [0, 0.1) is 6.92 Å². The van der Waals surface area contributed by atoms with Gasteiger partial charge in [-0.05, 0) is 70.2 Å². The van der Waals surface area contributed by atoms with Crippen molar-refractivity contribution in [3.63, 3.8) is 0 Å². The van der Waals surface area contributed by atoms with E-state index >= 15 is 0 Å². The number of rotatable bonds is 6. The van der Waals surface area contributed by atoms with E-state index in [4.69, 9.17) is 4.74 Å². The van der Waals surface area contributed by atoms with E-state index in [1.54, 1.807) is 22.8 Å². The Morgan fingerprint density at radius 2 is 1.76 bits per heavy atom. The zero-order chi connectivity index (χ0) is 27.3. The molecule has 1 N–H and O–H groups in total. The number of nitrogens with one attached hydrogen (secondary N) is 1. The zero-order valence-corrected chi connectivity index (χ0v) is 22.3. The maximum absolute atomic E-state index is 13.8. The molecule has 0 atom stereocenters. The Bertz CT molecular complexity index is 1100. The van der Waals surface area contributed by atoms with Crippen LogP contribution in [0.4, 0.5) is 29.7 Å². The highest BCUT2D eigenvalue weighted by Gasteiger charge is 2.34. The van der Waals surface area contributed by atoms with Gasteiger partial charge in [-0.3, -0.25) is 4.90 Å². The molecule has 1 aliphatic heterocycles. The molecule has 3 amide bonds. The fourth-order valence-corrected chi connectivity index (χ4v) is 4.28. The molecule has 0 radical (unpaired) electrons. The Balaban J connectivity index is 1.90. The second-order valence-electron chi connectivity index (χ2n) is 10.4. The summed E-state index contributed by atoms with van der Waals surface area (Å²) in [4.78, 5) is 33.6. The number of nitrogens with zero attached hydrogens (tertiary/aromatic N) is 3. The molecule has 0 saturated carbocycles. The lowest BCUT2D eigenvalue weighted by atomic mass is 9.97. The summed E-state index contributed by atoms with van der Waals surface area (Å²) in [6.07, 6.45) is 0.654. The van der Waals surface area contributed by atoms with Gasteiger partial charge in [0.2, 0.25) is 5.88 Å². The third-order valence-corrected chi connectivity index (χ3v) is 5.96. The summed E-state index contributed by atoms with van der Waals surface area (Å²) in [5, 5.41) is 2.73. The van der Waals surface area contributed by atoms with Gasteiger partial charge in [-0.25, -0.2) is 14.6 Å². The SMILES string of the molecule is Cc1ccc(NC(=O)N(c2ccccc2C(C)C)C2CCN(C(=O)OC(C)(C)C)CC2)c(OC(F)F)n1. The minimum atomic E-state index is -3.08. The number of alkyl halides is 2. The van der Waals surface area contributed by atoms with E-state index in [1.165, 1.54) is 6.07 Å². The number of aryl methyl sites for hydroxylation is 1. The number of aromatic nitrogens is 1. The first kappa shape index (κ1) is 28.1. The van der Waals surface area contributed by atoms with Crippen molar-refractivity contribution in [2.45, 2.75) is 78.6 Å². The molecule has 2 aromatic rings. The summed E-state index contributed by atoms with van der Waals surface area (Å²) < 4.78 is 36.1. The molecule has 0 aliphatic carbocycles. The number of carbonyl (C=O) groups excluding carboxylic acids is 2. The Labute approximate surface area is 216 Å². The second kappa shape index (κ2) is 11.7. The van der Waals surface area contributed by atoms with Crippen LogP contribution in [0.3, 0.4) is 0 Å². The maximum Gasteiger partial charge on any atom is 0.410 e. The smallest absolute Gasteiger partial charge is 0.410 e. The lowest BCUT2D eigenvalue weighted by Crippen LogP contribution is -2.51. The number of hydrogen-bond acceptors (Lipinski definition) is 5. The summed E-state index contributed by atoms with van der Waals surface area (Å²) in [5.74, 6) is -0.215. The van der Waals surface area contributed by atoms with Crippen LogP contribution in [0.1, 0.15) is 64.6 Å². The molecule has 202 valence electrons. The predicted octanol–water partition coefficient (Wildman–Crippen LogP) is 6.55. The molecule has 1 fully saturated rings. The highest BCUT2D eigenvalue weighted by Crippen LogP contribution is 2.33. The van der Waals surface area contributed by atoms with Gasteiger partial charge in [-0.15, -0.1) is 0 Å². The number of amides is 3. The lowest BCUT2D eigenvalue weighted by molar-refractivity contribution is -0.0524. The topological polar surface area (TPSA) is 84.0 Å². The van der Waals surface area contributed by atoms with Gasteiger partial charge < -0.3 is 19.7 Å². The molecule has 37 heavy (non-hydrogen) atoms. The number of urea groups is 1. The number of ether oxygens (including phenoxy) is 2. The highest BCUT2D eigenvalue weighted by atomic mass is 19.3. The standard InChI is InChI=1S/C27H36F2N4O4/c1-17(2)20-9-7-8-10-22(20)33(19-13-15-32(16-14-19)26(35)37-27(4,5)6)25(34)31-21-12-11-18(3)30-23(21)36-24(28)29/h7-12,17,19,24H,13-16H2,1-6H3,(H,31,34). The summed E-state index contributed by atoms with van der Waals surface area (Å²) in [6, 6.07) is 9.99. The van der Waals surface area contributed by atoms with Crippen LogP contribution < -0.4 is 15.0 Å². The van der Waals surface area contributed by atoms with Gasteiger partial charge in [0.05, 0.1) is 0 Å². The van der Waals surface area contributed by atoms with Crippen molar-refractivity contribution >= 4 is 23.5 Å². The highest BCUT2D eigenvalue weighted by molar-refractivity contribution is 6.03. The van der Waals surface area contributed by atoms with Crippen LogP contribution >= 0.6 is 0 Å². The van der Waals surface area contributed by atoms with E-state index in [-0.39, 0.29) is 29.6 Å². The Morgan fingerprint density at radius 1 is 1.11 bits per heavy atom. The monoisotopic (exact) mass is 518 g/mol. The molecule has 1 aliphatic rings. The third kappa shape index (κ3) is 7.53. The average molecular weight is 519 g/mol. The van der Waals surface area contributed by atoms with Gasteiger partial charge in [0.1, 0.15) is 11.3 Å². The van der Waals surface area contributed by atoms with Crippen molar-refractivity contribution in [3.8, 4) is 5.88 Å². The van der Waals surface area contributed by atoms with Gasteiger partial charge in [0.15, 0.2) is 0 Å². The summed E-state index contributed by atoms with van der Waals surface area (Å²) in [6.45, 7) is 8.93. The molecule has 8 nitrogen and oxygen atoms in total. The molecule has 2 heterocycles. The number of para-hydroxylation sites is 1. The zero-order valence-electron chi connectivity index (χ0n) is 22.3. The molecule has 1 saturated heterocycles. The summed E-state index contributed by atoms with van der Waals surface area (Å²) in [7, 11) is 0. The first-order valence-electron chi connectivity index (χ1n) is 12.4. The van der Waals surface area contributed by atoms with E-state index in [0.717, 1.165) is 11.3 Å². The molecule has 0 unspecified atom stereocenters. The van der Waals surface area contributed by atoms with Crippen LogP contribution in [0.2, 0.25) is 0 Å². The van der Waals surface area contributed by atoms with Crippen molar-refractivity contribution in [2.24, 2.45) is 0 Å². The van der Waals surface area contributed by atoms with E-state index < -0.39 is 18.2 Å². The van der Waals surface area contributed by atoms with Crippen LogP contribution in [0.25, 0.3) is 0 Å². The van der Waals surface area contributed by atoms with Crippen molar-refractivity contribution in [1.29, 1.82) is 0 Å². The maximum atomic E-state index is 13.8. The molecule has 1 aromatic carbocycles. The van der Waals surface area contributed by atoms with Gasteiger partial charge in [0, 0.05) is 30.5 Å². The number of hydrogen-bond donors (Lipinski definition) is 1.